The van der Waals surface area contributed by atoms with Gasteiger partial charge >= 0.3 is 24.1 Å². The second-order valence-corrected chi connectivity index (χ2v) is 12.5. The molecule has 4 heterocycles. The number of halogens is 3. The summed E-state index contributed by atoms with van der Waals surface area (Å²) in [6, 6.07) is 0. The number of carbonyl (C=O) groups is 3. The number of rotatable bonds is 5. The van der Waals surface area contributed by atoms with Crippen LogP contribution >= 0.6 is 0 Å². The summed E-state index contributed by atoms with van der Waals surface area (Å²) in [5.41, 5.74) is -3.35. The van der Waals surface area contributed by atoms with E-state index in [9.17, 15) is 27.6 Å². The third-order valence-corrected chi connectivity index (χ3v) is 8.83. The maximum Gasteiger partial charge on any atom is 0.431 e. The average Bonchev–Trinajstić information content (AvgIpc) is 3.39. The molecule has 9 unspecified atom stereocenters. The second-order valence-electron chi connectivity index (χ2n) is 12.5. The Labute approximate surface area is 224 Å². The van der Waals surface area contributed by atoms with E-state index in [1.807, 2.05) is 34.6 Å². The van der Waals surface area contributed by atoms with Gasteiger partial charge < -0.3 is 28.4 Å². The number of ether oxygens (including phenoxy) is 6. The molecule has 0 N–H and O–H groups in total. The molecular weight excluding hydrogens is 525 g/mol. The van der Waals surface area contributed by atoms with Crippen molar-refractivity contribution in [3.8, 4) is 0 Å². The molecule has 0 amide bonds. The lowest BCUT2D eigenvalue weighted by Crippen LogP contribution is -2.52. The molecule has 9 atom stereocenters. The van der Waals surface area contributed by atoms with Gasteiger partial charge in [-0.2, -0.15) is 13.2 Å². The largest absolute Gasteiger partial charge is 0.454 e. The minimum atomic E-state index is -4.79. The highest BCUT2D eigenvalue weighted by Crippen LogP contribution is 2.53. The van der Waals surface area contributed by atoms with Crippen molar-refractivity contribution in [1.29, 1.82) is 0 Å². The molecular formula is C27H35F3O9. The van der Waals surface area contributed by atoms with Crippen LogP contribution in [0.25, 0.3) is 0 Å². The summed E-state index contributed by atoms with van der Waals surface area (Å²) in [5.74, 6) is -4.19. The van der Waals surface area contributed by atoms with E-state index in [-0.39, 0.29) is 36.7 Å². The number of carbonyl (C=O) groups excluding carboxylic acids is 3. The molecule has 39 heavy (non-hydrogen) atoms. The zero-order chi connectivity index (χ0) is 28.7. The van der Waals surface area contributed by atoms with E-state index in [4.69, 9.17) is 28.4 Å². The Morgan fingerprint density at radius 1 is 1.10 bits per heavy atom. The molecule has 12 heteroatoms. The second kappa shape index (κ2) is 9.17. The maximum absolute atomic E-state index is 13.6. The fourth-order valence-electron chi connectivity index (χ4n) is 6.33. The Bertz CT molecular complexity index is 1090. The average molecular weight is 561 g/mol. The minimum absolute atomic E-state index is 0.0447. The van der Waals surface area contributed by atoms with Crippen molar-refractivity contribution in [2.24, 2.45) is 23.2 Å². The Morgan fingerprint density at radius 2 is 1.79 bits per heavy atom. The quantitative estimate of drug-likeness (QED) is 0.280. The molecule has 0 radical (unpaired) electrons. The summed E-state index contributed by atoms with van der Waals surface area (Å²) < 4.78 is 75.1. The first-order valence-corrected chi connectivity index (χ1v) is 13.4. The number of hydrogen-bond donors (Lipinski definition) is 0. The minimum Gasteiger partial charge on any atom is -0.454 e. The van der Waals surface area contributed by atoms with Gasteiger partial charge in [0, 0.05) is 12.8 Å². The molecule has 5 rings (SSSR count). The first-order chi connectivity index (χ1) is 18.0. The number of cyclic esters (lactones) is 1. The molecule has 0 bridgehead atoms. The van der Waals surface area contributed by atoms with Crippen molar-refractivity contribution < 1.29 is 56.0 Å². The lowest BCUT2D eigenvalue weighted by atomic mass is 9.73. The van der Waals surface area contributed by atoms with Gasteiger partial charge in [0.2, 0.25) is 11.7 Å². The van der Waals surface area contributed by atoms with E-state index in [1.54, 1.807) is 0 Å². The van der Waals surface area contributed by atoms with Crippen LogP contribution in [0.3, 0.4) is 0 Å². The number of hydrogen-bond acceptors (Lipinski definition) is 9. The van der Waals surface area contributed by atoms with E-state index in [0.29, 0.717) is 6.42 Å². The molecule has 0 aromatic heterocycles. The zero-order valence-electron chi connectivity index (χ0n) is 22.8. The number of fused-ring (bicyclic) bond motifs is 4. The summed E-state index contributed by atoms with van der Waals surface area (Å²) in [6.45, 7) is 10.5. The van der Waals surface area contributed by atoms with Crippen LogP contribution < -0.4 is 0 Å². The van der Waals surface area contributed by atoms with Crippen molar-refractivity contribution in [3.63, 3.8) is 0 Å². The molecule has 0 aromatic rings. The number of alkyl halides is 3. The van der Waals surface area contributed by atoms with Crippen molar-refractivity contribution in [2.45, 2.75) is 115 Å². The highest BCUT2D eigenvalue weighted by atomic mass is 19.4. The molecule has 218 valence electrons. The van der Waals surface area contributed by atoms with E-state index in [2.05, 4.69) is 0 Å². The molecule has 5 aliphatic rings. The molecule has 3 saturated heterocycles. The molecule has 1 saturated carbocycles. The maximum atomic E-state index is 13.6. The van der Waals surface area contributed by atoms with Gasteiger partial charge in [0.05, 0.1) is 11.3 Å². The van der Waals surface area contributed by atoms with Crippen LogP contribution in [-0.4, -0.2) is 66.2 Å². The highest BCUT2D eigenvalue weighted by molar-refractivity contribution is 5.84. The topological polar surface area (TPSA) is 107 Å². The van der Waals surface area contributed by atoms with Crippen LogP contribution in [-0.2, 0) is 42.8 Å². The Morgan fingerprint density at radius 3 is 2.41 bits per heavy atom. The lowest BCUT2D eigenvalue weighted by Gasteiger charge is -2.43. The van der Waals surface area contributed by atoms with E-state index < -0.39 is 77.5 Å². The Hall–Kier alpha value is -2.18. The van der Waals surface area contributed by atoms with Gasteiger partial charge in [0.1, 0.15) is 6.10 Å². The van der Waals surface area contributed by atoms with Crippen LogP contribution in [0.15, 0.2) is 11.6 Å². The van der Waals surface area contributed by atoms with Crippen molar-refractivity contribution in [1.82, 2.24) is 0 Å². The summed E-state index contributed by atoms with van der Waals surface area (Å²) in [6.07, 6.45) is -8.03. The van der Waals surface area contributed by atoms with E-state index in [0.717, 1.165) is 13.0 Å². The van der Waals surface area contributed by atoms with Gasteiger partial charge in [-0.1, -0.05) is 33.3 Å². The first-order valence-electron chi connectivity index (χ1n) is 13.4. The summed E-state index contributed by atoms with van der Waals surface area (Å²) in [7, 11) is 0. The fraction of sp³-hybridized carbons (Fsp3) is 0.815. The van der Waals surface area contributed by atoms with Gasteiger partial charge in [0.25, 0.3) is 0 Å². The summed E-state index contributed by atoms with van der Waals surface area (Å²) in [5, 5.41) is 0. The Kier molecular flexibility index (Phi) is 6.67. The smallest absolute Gasteiger partial charge is 0.431 e. The van der Waals surface area contributed by atoms with Crippen LogP contribution in [0, 0.1) is 23.2 Å². The van der Waals surface area contributed by atoms with Crippen LogP contribution in [0.1, 0.15) is 67.2 Å². The molecule has 1 aliphatic carbocycles. The summed E-state index contributed by atoms with van der Waals surface area (Å²) in [4.78, 5) is 38.4. The van der Waals surface area contributed by atoms with Crippen molar-refractivity contribution in [2.75, 3.05) is 0 Å². The van der Waals surface area contributed by atoms with Crippen LogP contribution in [0.4, 0.5) is 13.2 Å². The van der Waals surface area contributed by atoms with Crippen LogP contribution in [0.5, 0.6) is 0 Å². The molecule has 4 fully saturated rings. The molecule has 9 nitrogen and oxygen atoms in total. The van der Waals surface area contributed by atoms with Gasteiger partial charge in [-0.25, -0.2) is 4.79 Å². The standard InChI is InChI=1S/C27H35F3O9/c1-12(2)9-24(5,13(3)4)23(33)36-18-16-17(34-21(18)32)19-22(35-16)39-26(37-19)8-7-15-14(11-26)10-25(6,27(28,29)30)38-20(15)31/h10,12-13,15-19,22H,7-9,11H2,1-6H3. The van der Waals surface area contributed by atoms with Crippen molar-refractivity contribution >= 4 is 17.9 Å². The SMILES string of the molecule is CC(C)CC(C)(C(=O)OC1C(=O)OC2C3OC4(CCC5C(=O)OC(C)(C(F)(F)F)C=C5C4)OC3OC12)C(C)C. The predicted octanol–water partition coefficient (Wildman–Crippen LogP) is 3.97. The third-order valence-electron chi connectivity index (χ3n) is 8.83. The van der Waals surface area contributed by atoms with Gasteiger partial charge in [-0.3, -0.25) is 9.59 Å². The monoisotopic (exact) mass is 560 g/mol. The number of esters is 3. The van der Waals surface area contributed by atoms with Gasteiger partial charge in [-0.05, 0) is 44.6 Å². The zero-order valence-corrected chi connectivity index (χ0v) is 22.8. The van der Waals surface area contributed by atoms with E-state index in [1.165, 1.54) is 0 Å². The Balaban J connectivity index is 1.30. The predicted molar refractivity (Wildman–Crippen MR) is 125 cm³/mol. The van der Waals surface area contributed by atoms with Gasteiger partial charge in [-0.15, -0.1) is 0 Å². The normalized spacial score (nSPS) is 41.1. The highest BCUT2D eigenvalue weighted by Gasteiger charge is 2.67. The third kappa shape index (κ3) is 4.56. The van der Waals surface area contributed by atoms with Crippen LogP contribution in [0.2, 0.25) is 0 Å². The molecule has 1 spiro atoms. The molecule has 4 aliphatic heterocycles. The lowest BCUT2D eigenvalue weighted by molar-refractivity contribution is -0.259. The summed E-state index contributed by atoms with van der Waals surface area (Å²) >= 11 is 0. The molecule has 0 aromatic carbocycles. The van der Waals surface area contributed by atoms with Gasteiger partial charge in [0.15, 0.2) is 24.3 Å². The fourth-order valence-corrected chi connectivity index (χ4v) is 6.33. The van der Waals surface area contributed by atoms with E-state index >= 15 is 0 Å². The first kappa shape index (κ1) is 28.4. The van der Waals surface area contributed by atoms with Crippen molar-refractivity contribution in [3.05, 3.63) is 11.6 Å².